The van der Waals surface area contributed by atoms with E-state index in [9.17, 15) is 4.79 Å². The van der Waals surface area contributed by atoms with Crippen LogP contribution in [0.3, 0.4) is 0 Å². The summed E-state index contributed by atoms with van der Waals surface area (Å²) in [7, 11) is 2.16. The molecule has 1 aliphatic rings. The van der Waals surface area contributed by atoms with E-state index < -0.39 is 0 Å². The molecule has 0 aliphatic carbocycles. The van der Waals surface area contributed by atoms with Gasteiger partial charge >= 0.3 is 0 Å². The average molecular weight is 291 g/mol. The fourth-order valence-corrected chi connectivity index (χ4v) is 1.97. The van der Waals surface area contributed by atoms with Gasteiger partial charge in [0, 0.05) is 38.3 Å². The van der Waals surface area contributed by atoms with Crippen LogP contribution >= 0.6 is 24.8 Å². The predicted octanol–water partition coefficient (Wildman–Crippen LogP) is 2.09. The zero-order valence-electron chi connectivity index (χ0n) is 10.5. The van der Waals surface area contributed by atoms with Gasteiger partial charge in [0.25, 0.3) is 0 Å². The number of carbonyl (C=O) groups is 1. The number of piperazine rings is 1. The first-order valence-corrected chi connectivity index (χ1v) is 5.73. The molecule has 1 saturated heterocycles. The van der Waals surface area contributed by atoms with E-state index in [4.69, 9.17) is 0 Å². The summed E-state index contributed by atoms with van der Waals surface area (Å²) in [5, 5.41) is 0. The maximum atomic E-state index is 10.5. The molecule has 0 radical (unpaired) electrons. The number of hydrogen-bond acceptors (Lipinski definition) is 3. The van der Waals surface area contributed by atoms with E-state index in [1.165, 1.54) is 5.56 Å². The molecule has 1 aromatic rings. The van der Waals surface area contributed by atoms with Crippen molar-refractivity contribution in [2.24, 2.45) is 0 Å². The van der Waals surface area contributed by atoms with Crippen molar-refractivity contribution in [2.45, 2.75) is 6.54 Å². The molecule has 0 bridgehead atoms. The Balaban J connectivity index is 0.00000144. The second-order valence-corrected chi connectivity index (χ2v) is 4.44. The number of aldehydes is 1. The van der Waals surface area contributed by atoms with Crippen molar-refractivity contribution >= 4 is 31.1 Å². The van der Waals surface area contributed by atoms with E-state index in [1.54, 1.807) is 0 Å². The van der Waals surface area contributed by atoms with Crippen molar-refractivity contribution in [1.29, 1.82) is 0 Å². The van der Waals surface area contributed by atoms with Gasteiger partial charge in [0.1, 0.15) is 6.29 Å². The molecule has 0 amide bonds. The number of rotatable bonds is 3. The van der Waals surface area contributed by atoms with Crippen LogP contribution in [0.5, 0.6) is 0 Å². The van der Waals surface area contributed by atoms with E-state index >= 15 is 0 Å². The smallest absolute Gasteiger partial charge is 0.150 e. The van der Waals surface area contributed by atoms with Gasteiger partial charge in [-0.25, -0.2) is 0 Å². The lowest BCUT2D eigenvalue weighted by Crippen LogP contribution is -2.43. The molecular formula is C13H20Cl2N2O. The molecule has 18 heavy (non-hydrogen) atoms. The summed E-state index contributed by atoms with van der Waals surface area (Å²) in [6.07, 6.45) is 0.889. The number of likely N-dealkylation sites (N-methyl/N-ethyl adjacent to an activating group) is 1. The highest BCUT2D eigenvalue weighted by Gasteiger charge is 2.13. The Kier molecular flexibility index (Phi) is 8.20. The lowest BCUT2D eigenvalue weighted by atomic mass is 10.1. The molecule has 0 aromatic heterocycles. The van der Waals surface area contributed by atoms with Crippen molar-refractivity contribution in [3.05, 3.63) is 35.4 Å². The maximum Gasteiger partial charge on any atom is 0.150 e. The molecular weight excluding hydrogens is 271 g/mol. The Labute approximate surface area is 121 Å². The molecule has 3 nitrogen and oxygen atoms in total. The minimum atomic E-state index is 0. The summed E-state index contributed by atoms with van der Waals surface area (Å²) in [4.78, 5) is 15.3. The Bertz CT molecular complexity index is 349. The highest BCUT2D eigenvalue weighted by Crippen LogP contribution is 2.08. The van der Waals surface area contributed by atoms with Gasteiger partial charge in [-0.2, -0.15) is 0 Å². The fraction of sp³-hybridized carbons (Fsp3) is 0.462. The summed E-state index contributed by atoms with van der Waals surface area (Å²) in [5.41, 5.74) is 2.04. The van der Waals surface area contributed by atoms with Crippen molar-refractivity contribution in [2.75, 3.05) is 33.2 Å². The zero-order valence-corrected chi connectivity index (χ0v) is 12.2. The van der Waals surface area contributed by atoms with Gasteiger partial charge in [-0.1, -0.05) is 24.3 Å². The molecule has 0 spiro atoms. The molecule has 0 unspecified atom stereocenters. The van der Waals surface area contributed by atoms with Crippen LogP contribution in [0.2, 0.25) is 0 Å². The van der Waals surface area contributed by atoms with Crippen molar-refractivity contribution in [1.82, 2.24) is 9.80 Å². The first-order chi connectivity index (χ1) is 7.78. The lowest BCUT2D eigenvalue weighted by Gasteiger charge is -2.32. The second kappa shape index (κ2) is 8.48. The number of carbonyl (C=O) groups excluding carboxylic acids is 1. The quantitative estimate of drug-likeness (QED) is 0.797. The van der Waals surface area contributed by atoms with Gasteiger partial charge in [0.05, 0.1) is 0 Å². The molecule has 1 aliphatic heterocycles. The zero-order chi connectivity index (χ0) is 11.4. The van der Waals surface area contributed by atoms with Crippen LogP contribution in [-0.4, -0.2) is 49.3 Å². The van der Waals surface area contributed by atoms with E-state index in [1.807, 2.05) is 24.3 Å². The molecule has 1 aromatic carbocycles. The highest BCUT2D eigenvalue weighted by atomic mass is 35.5. The number of halogens is 2. The average Bonchev–Trinajstić information content (AvgIpc) is 2.33. The minimum Gasteiger partial charge on any atom is -0.304 e. The van der Waals surface area contributed by atoms with E-state index in [0.717, 1.165) is 44.6 Å². The molecule has 0 N–H and O–H groups in total. The summed E-state index contributed by atoms with van der Waals surface area (Å²) in [6, 6.07) is 7.86. The van der Waals surface area contributed by atoms with Gasteiger partial charge in [0.15, 0.2) is 0 Å². The summed E-state index contributed by atoms with van der Waals surface area (Å²) < 4.78 is 0. The van der Waals surface area contributed by atoms with Crippen LogP contribution in [0.15, 0.2) is 24.3 Å². The first-order valence-electron chi connectivity index (χ1n) is 5.73. The Morgan fingerprint density at radius 3 is 2.11 bits per heavy atom. The maximum absolute atomic E-state index is 10.5. The molecule has 5 heteroatoms. The van der Waals surface area contributed by atoms with Crippen LogP contribution in [-0.2, 0) is 6.54 Å². The Hall–Kier alpha value is -0.610. The summed E-state index contributed by atoms with van der Waals surface area (Å²) in [5.74, 6) is 0. The number of nitrogens with zero attached hydrogens (tertiary/aromatic N) is 2. The predicted molar refractivity (Wildman–Crippen MR) is 79.1 cm³/mol. The van der Waals surface area contributed by atoms with Gasteiger partial charge in [-0.05, 0) is 12.6 Å². The molecule has 1 fully saturated rings. The normalized spacial score (nSPS) is 16.5. The fourth-order valence-electron chi connectivity index (χ4n) is 1.97. The third kappa shape index (κ3) is 4.94. The minimum absolute atomic E-state index is 0. The number of hydrogen-bond donors (Lipinski definition) is 0. The first kappa shape index (κ1) is 17.4. The van der Waals surface area contributed by atoms with Crippen LogP contribution in [0.4, 0.5) is 0 Å². The molecule has 0 saturated carbocycles. The van der Waals surface area contributed by atoms with E-state index in [2.05, 4.69) is 16.8 Å². The van der Waals surface area contributed by atoms with Gasteiger partial charge in [-0.3, -0.25) is 9.69 Å². The Morgan fingerprint density at radius 1 is 1.06 bits per heavy atom. The van der Waals surface area contributed by atoms with Crippen LogP contribution < -0.4 is 0 Å². The van der Waals surface area contributed by atoms with Crippen LogP contribution in [0, 0.1) is 0 Å². The van der Waals surface area contributed by atoms with Crippen LogP contribution in [0.25, 0.3) is 0 Å². The molecule has 102 valence electrons. The summed E-state index contributed by atoms with van der Waals surface area (Å²) >= 11 is 0. The van der Waals surface area contributed by atoms with Gasteiger partial charge in [0.2, 0.25) is 0 Å². The standard InChI is InChI=1S/C13H18N2O.2ClH/c1-14-6-8-15(9-7-14)10-12-2-4-13(11-16)5-3-12;;/h2-5,11H,6-10H2,1H3;2*1H. The van der Waals surface area contributed by atoms with Crippen molar-refractivity contribution < 1.29 is 4.79 Å². The van der Waals surface area contributed by atoms with Gasteiger partial charge < -0.3 is 4.90 Å². The highest BCUT2D eigenvalue weighted by molar-refractivity contribution is 5.85. The lowest BCUT2D eigenvalue weighted by molar-refractivity contribution is 0.112. The molecule has 1 heterocycles. The topological polar surface area (TPSA) is 23.6 Å². The molecule has 0 atom stereocenters. The van der Waals surface area contributed by atoms with Gasteiger partial charge in [-0.15, -0.1) is 24.8 Å². The second-order valence-electron chi connectivity index (χ2n) is 4.44. The monoisotopic (exact) mass is 290 g/mol. The number of benzene rings is 1. The van der Waals surface area contributed by atoms with E-state index in [0.29, 0.717) is 0 Å². The largest absolute Gasteiger partial charge is 0.304 e. The Morgan fingerprint density at radius 2 is 1.61 bits per heavy atom. The third-order valence-electron chi connectivity index (χ3n) is 3.12. The summed E-state index contributed by atoms with van der Waals surface area (Å²) in [6.45, 7) is 5.55. The van der Waals surface area contributed by atoms with Crippen molar-refractivity contribution in [3.8, 4) is 0 Å². The SMILES string of the molecule is CN1CCN(Cc2ccc(C=O)cc2)CC1.Cl.Cl. The van der Waals surface area contributed by atoms with E-state index in [-0.39, 0.29) is 24.8 Å². The third-order valence-corrected chi connectivity index (χ3v) is 3.12. The van der Waals surface area contributed by atoms with Crippen LogP contribution in [0.1, 0.15) is 15.9 Å². The van der Waals surface area contributed by atoms with Crippen molar-refractivity contribution in [3.63, 3.8) is 0 Å². The molecule has 2 rings (SSSR count).